The summed E-state index contributed by atoms with van der Waals surface area (Å²) in [5.74, 6) is -1.76. The van der Waals surface area contributed by atoms with Crippen LogP contribution in [0.4, 0.5) is 32.4 Å². The summed E-state index contributed by atoms with van der Waals surface area (Å²) < 4.78 is 74.4. The van der Waals surface area contributed by atoms with Crippen LogP contribution in [0, 0.1) is 24.5 Å². The summed E-state index contributed by atoms with van der Waals surface area (Å²) in [7, 11) is 0. The first-order valence-corrected chi connectivity index (χ1v) is 10.8. The molecule has 3 aromatic rings. The van der Waals surface area contributed by atoms with Crippen LogP contribution in [-0.2, 0) is 11.7 Å². The number of hydrogen-bond donors (Lipinski definition) is 1. The average molecular weight is 494 g/mol. The maximum Gasteiger partial charge on any atom is 0.417 e. The molecule has 1 saturated heterocycles. The number of carbonyl (C=O) groups is 1. The molecule has 0 spiro atoms. The molecule has 2 fully saturated rings. The highest BCUT2D eigenvalue weighted by atomic mass is 19.4. The van der Waals surface area contributed by atoms with Crippen LogP contribution >= 0.6 is 0 Å². The SMILES string of the molecule is Cc1nnc(C23C[C@H](C)C[C@H](C2)N3C(=O)Nc2cc(-c3ncc(F)cn3)c(C(F)(F)F)cc2F)o1. The van der Waals surface area contributed by atoms with Crippen molar-refractivity contribution in [2.75, 3.05) is 5.32 Å². The number of anilines is 1. The Balaban J connectivity index is 1.51. The number of halogens is 5. The molecule has 3 atom stereocenters. The van der Waals surface area contributed by atoms with E-state index >= 15 is 0 Å². The summed E-state index contributed by atoms with van der Waals surface area (Å²) in [6, 6.07) is 0.163. The molecule has 5 rings (SSSR count). The van der Waals surface area contributed by atoms with Gasteiger partial charge in [-0.3, -0.25) is 0 Å². The predicted molar refractivity (Wildman–Crippen MR) is 111 cm³/mol. The van der Waals surface area contributed by atoms with Crippen molar-refractivity contribution in [3.8, 4) is 11.4 Å². The van der Waals surface area contributed by atoms with Crippen LogP contribution in [0.25, 0.3) is 11.4 Å². The van der Waals surface area contributed by atoms with Gasteiger partial charge in [0.2, 0.25) is 11.8 Å². The van der Waals surface area contributed by atoms with E-state index < -0.39 is 52.0 Å². The third-order valence-corrected chi connectivity index (χ3v) is 6.42. The molecule has 13 heteroatoms. The maximum absolute atomic E-state index is 14.8. The number of nitrogens with one attached hydrogen (secondary N) is 1. The van der Waals surface area contributed by atoms with E-state index in [9.17, 15) is 26.7 Å². The number of carbonyl (C=O) groups excluding carboxylic acids is 1. The molecule has 2 bridgehead atoms. The molecule has 8 nitrogen and oxygen atoms in total. The topological polar surface area (TPSA) is 97.0 Å². The van der Waals surface area contributed by atoms with Crippen molar-refractivity contribution >= 4 is 11.7 Å². The molecule has 1 aromatic carbocycles. The van der Waals surface area contributed by atoms with Crippen LogP contribution < -0.4 is 5.32 Å². The van der Waals surface area contributed by atoms with Gasteiger partial charge < -0.3 is 14.6 Å². The molecule has 1 N–H and O–H groups in total. The van der Waals surface area contributed by atoms with E-state index in [1.54, 1.807) is 6.92 Å². The van der Waals surface area contributed by atoms with Crippen molar-refractivity contribution < 1.29 is 31.2 Å². The minimum Gasteiger partial charge on any atom is -0.423 e. The molecule has 1 unspecified atom stereocenters. The number of benzene rings is 1. The Morgan fingerprint density at radius 3 is 2.51 bits per heavy atom. The van der Waals surface area contributed by atoms with Gasteiger partial charge in [0.05, 0.1) is 23.6 Å². The number of urea groups is 1. The number of piperidine rings is 1. The molecule has 2 aliphatic rings. The van der Waals surface area contributed by atoms with Crippen molar-refractivity contribution in [1.82, 2.24) is 25.1 Å². The van der Waals surface area contributed by atoms with Crippen LogP contribution in [-0.4, -0.2) is 37.1 Å². The highest BCUT2D eigenvalue weighted by molar-refractivity contribution is 5.92. The number of amides is 2. The number of aromatic nitrogens is 4. The lowest BCUT2D eigenvalue weighted by Gasteiger charge is -2.61. The molecule has 184 valence electrons. The van der Waals surface area contributed by atoms with Crippen LogP contribution in [0.5, 0.6) is 0 Å². The van der Waals surface area contributed by atoms with Crippen molar-refractivity contribution in [1.29, 1.82) is 0 Å². The van der Waals surface area contributed by atoms with E-state index in [1.807, 2.05) is 6.92 Å². The van der Waals surface area contributed by atoms with Crippen molar-refractivity contribution in [3.05, 3.63) is 53.5 Å². The van der Waals surface area contributed by atoms with Crippen LogP contribution in [0.15, 0.2) is 28.9 Å². The average Bonchev–Trinajstić information content (AvgIpc) is 3.21. The first-order chi connectivity index (χ1) is 16.5. The van der Waals surface area contributed by atoms with Gasteiger partial charge in [-0.1, -0.05) is 6.92 Å². The minimum atomic E-state index is -4.94. The summed E-state index contributed by atoms with van der Waals surface area (Å²) in [5, 5.41) is 10.3. The van der Waals surface area contributed by atoms with E-state index in [1.165, 1.54) is 4.90 Å². The maximum atomic E-state index is 14.8. The van der Waals surface area contributed by atoms with Gasteiger partial charge in [-0.15, -0.1) is 10.2 Å². The molecular formula is C22H19F5N6O2. The lowest BCUT2D eigenvalue weighted by atomic mass is 9.64. The molecule has 1 saturated carbocycles. The van der Waals surface area contributed by atoms with E-state index in [0.717, 1.165) is 6.07 Å². The van der Waals surface area contributed by atoms with E-state index in [4.69, 9.17) is 4.42 Å². The fraction of sp³-hybridized carbons (Fsp3) is 0.409. The number of nitrogens with zero attached hydrogens (tertiary/aromatic N) is 5. The Hall–Kier alpha value is -3.64. The fourth-order valence-corrected chi connectivity index (χ4v) is 5.15. The molecule has 0 radical (unpaired) electrons. The molecule has 1 aliphatic heterocycles. The zero-order valence-electron chi connectivity index (χ0n) is 18.5. The Morgan fingerprint density at radius 2 is 1.89 bits per heavy atom. The summed E-state index contributed by atoms with van der Waals surface area (Å²) in [4.78, 5) is 21.9. The zero-order chi connectivity index (χ0) is 25.1. The number of aryl methyl sites for hydroxylation is 1. The van der Waals surface area contributed by atoms with Gasteiger partial charge in [0.1, 0.15) is 11.4 Å². The summed E-state index contributed by atoms with van der Waals surface area (Å²) in [5.41, 5.74) is -3.33. The monoisotopic (exact) mass is 494 g/mol. The number of fused-ring (bicyclic) bond motifs is 2. The standard InChI is InChI=1S/C22H19F5N6O2/c1-10-3-13-7-21(6-10,19-32-31-11(2)35-19)33(13)20(34)30-17-4-14(18-28-8-12(23)9-29-18)15(5-16(17)24)22(25,26)27/h4-5,8-10,13H,3,6-7H2,1-2H3,(H,30,34)/t10-,13-,21?/m1/s1. The van der Waals surface area contributed by atoms with E-state index in [-0.39, 0.29) is 23.9 Å². The van der Waals surface area contributed by atoms with Crippen molar-refractivity contribution in [3.63, 3.8) is 0 Å². The van der Waals surface area contributed by atoms with Gasteiger partial charge in [-0.05, 0) is 30.9 Å². The predicted octanol–water partition coefficient (Wildman–Crippen LogP) is 5.06. The number of rotatable bonds is 3. The highest BCUT2D eigenvalue weighted by Gasteiger charge is 2.62. The summed E-state index contributed by atoms with van der Waals surface area (Å²) >= 11 is 0. The van der Waals surface area contributed by atoms with Crippen molar-refractivity contribution in [2.45, 2.75) is 50.9 Å². The molecule has 2 aromatic heterocycles. The van der Waals surface area contributed by atoms with Crippen LogP contribution in [0.1, 0.15) is 43.5 Å². The number of likely N-dealkylation sites (tertiary alicyclic amines) is 1. The van der Waals surface area contributed by atoms with Crippen molar-refractivity contribution in [2.24, 2.45) is 5.92 Å². The van der Waals surface area contributed by atoms with Gasteiger partial charge >= 0.3 is 12.2 Å². The summed E-state index contributed by atoms with van der Waals surface area (Å²) in [6.07, 6.45) is -1.72. The van der Waals surface area contributed by atoms with Gasteiger partial charge in [0, 0.05) is 24.9 Å². The first kappa shape index (κ1) is 23.1. The van der Waals surface area contributed by atoms with Gasteiger partial charge in [0.25, 0.3) is 0 Å². The lowest BCUT2D eigenvalue weighted by molar-refractivity contribution is -0.137. The normalized spacial score (nSPS) is 23.7. The Kier molecular flexibility index (Phi) is 5.25. The number of alkyl halides is 3. The second-order valence-electron chi connectivity index (χ2n) is 8.96. The van der Waals surface area contributed by atoms with Crippen LogP contribution in [0.2, 0.25) is 0 Å². The molecular weight excluding hydrogens is 475 g/mol. The largest absolute Gasteiger partial charge is 0.423 e. The third-order valence-electron chi connectivity index (χ3n) is 6.42. The lowest BCUT2D eigenvalue weighted by Crippen LogP contribution is -2.70. The highest BCUT2D eigenvalue weighted by Crippen LogP contribution is 2.55. The molecule has 1 aliphatic carbocycles. The van der Waals surface area contributed by atoms with E-state index in [0.29, 0.717) is 37.5 Å². The fourth-order valence-electron chi connectivity index (χ4n) is 5.15. The zero-order valence-corrected chi connectivity index (χ0v) is 18.5. The second-order valence-corrected chi connectivity index (χ2v) is 8.96. The summed E-state index contributed by atoms with van der Waals surface area (Å²) in [6.45, 7) is 3.65. The van der Waals surface area contributed by atoms with Crippen LogP contribution in [0.3, 0.4) is 0 Å². The van der Waals surface area contributed by atoms with Gasteiger partial charge in [0.15, 0.2) is 11.6 Å². The Morgan fingerprint density at radius 1 is 1.17 bits per heavy atom. The Labute approximate surface area is 195 Å². The third kappa shape index (κ3) is 3.88. The van der Waals surface area contributed by atoms with Gasteiger partial charge in [-0.25, -0.2) is 23.5 Å². The second kappa shape index (κ2) is 7.95. The Bertz CT molecular complexity index is 1290. The minimum absolute atomic E-state index is 0.177. The van der Waals surface area contributed by atoms with Gasteiger partial charge in [-0.2, -0.15) is 13.2 Å². The first-order valence-electron chi connectivity index (χ1n) is 10.8. The molecule has 35 heavy (non-hydrogen) atoms. The quantitative estimate of drug-likeness (QED) is 0.511. The smallest absolute Gasteiger partial charge is 0.417 e. The van der Waals surface area contributed by atoms with E-state index in [2.05, 4.69) is 25.5 Å². The molecule has 3 heterocycles. The number of hydrogen-bond acceptors (Lipinski definition) is 6. The molecule has 2 amide bonds.